The van der Waals surface area contributed by atoms with E-state index in [4.69, 9.17) is 0 Å². The zero-order chi connectivity index (χ0) is 11.1. The summed E-state index contributed by atoms with van der Waals surface area (Å²) in [5.74, 6) is 1.62. The fraction of sp³-hybridized carbons (Fsp3) is 0.500. The zero-order valence-corrected chi connectivity index (χ0v) is 9.60. The van der Waals surface area contributed by atoms with Crippen molar-refractivity contribution in [2.24, 2.45) is 5.92 Å². The number of carbonyl (C=O) groups is 1. The van der Waals surface area contributed by atoms with Crippen molar-refractivity contribution < 1.29 is 4.79 Å². The number of fused-ring (bicyclic) bond motifs is 2. The molecule has 16 heavy (non-hydrogen) atoms. The zero-order valence-electron chi connectivity index (χ0n) is 9.60. The summed E-state index contributed by atoms with van der Waals surface area (Å²) in [6.07, 6.45) is 2.37. The van der Waals surface area contributed by atoms with E-state index in [9.17, 15) is 4.79 Å². The molecule has 2 aliphatic rings. The first kappa shape index (κ1) is 9.88. The molecular weight excluding hydrogens is 198 g/mol. The van der Waals surface area contributed by atoms with Gasteiger partial charge in [-0.15, -0.1) is 0 Å². The first-order valence-corrected chi connectivity index (χ1v) is 6.08. The van der Waals surface area contributed by atoms with E-state index >= 15 is 0 Å². The lowest BCUT2D eigenvalue weighted by Gasteiger charge is -2.31. The van der Waals surface area contributed by atoms with E-state index in [1.54, 1.807) is 6.92 Å². The molecule has 2 fully saturated rings. The van der Waals surface area contributed by atoms with Crippen molar-refractivity contribution in [3.05, 3.63) is 35.9 Å². The number of likely N-dealkylation sites (tertiary alicyclic amines) is 1. The van der Waals surface area contributed by atoms with Gasteiger partial charge in [0.05, 0.1) is 0 Å². The van der Waals surface area contributed by atoms with Crippen LogP contribution in [0.4, 0.5) is 0 Å². The Balaban J connectivity index is 1.79. The van der Waals surface area contributed by atoms with E-state index in [-0.39, 0.29) is 5.91 Å². The predicted molar refractivity (Wildman–Crippen MR) is 63.1 cm³/mol. The van der Waals surface area contributed by atoms with Crippen molar-refractivity contribution in [1.29, 1.82) is 0 Å². The summed E-state index contributed by atoms with van der Waals surface area (Å²) in [7, 11) is 0. The molecule has 1 aromatic carbocycles. The summed E-state index contributed by atoms with van der Waals surface area (Å²) in [5, 5.41) is 0. The van der Waals surface area contributed by atoms with Crippen molar-refractivity contribution in [2.75, 3.05) is 6.54 Å². The molecule has 0 radical (unpaired) electrons. The van der Waals surface area contributed by atoms with Crippen molar-refractivity contribution in [2.45, 2.75) is 31.7 Å². The highest BCUT2D eigenvalue weighted by atomic mass is 16.2. The first-order valence-electron chi connectivity index (χ1n) is 6.08. The second-order valence-electron chi connectivity index (χ2n) is 5.07. The molecule has 1 heterocycles. The SMILES string of the molecule is CC(=O)N1CC2C[C@@H]1CC2c1ccccc1. The van der Waals surface area contributed by atoms with Crippen LogP contribution >= 0.6 is 0 Å². The standard InChI is InChI=1S/C14H17NO/c1-10(16)15-9-12-7-13(15)8-14(12)11-5-3-2-4-6-11/h2-6,12-14H,7-9H2,1H3/t12?,13-,14?/m1/s1. The summed E-state index contributed by atoms with van der Waals surface area (Å²) in [4.78, 5) is 13.5. The Morgan fingerprint density at radius 2 is 2.00 bits per heavy atom. The van der Waals surface area contributed by atoms with Crippen LogP contribution in [0.25, 0.3) is 0 Å². The number of hydrogen-bond donors (Lipinski definition) is 0. The van der Waals surface area contributed by atoms with Gasteiger partial charge in [-0.3, -0.25) is 4.79 Å². The van der Waals surface area contributed by atoms with E-state index in [0.29, 0.717) is 17.9 Å². The second-order valence-corrected chi connectivity index (χ2v) is 5.07. The van der Waals surface area contributed by atoms with Crippen LogP contribution in [0.5, 0.6) is 0 Å². The number of nitrogens with zero attached hydrogens (tertiary/aromatic N) is 1. The largest absolute Gasteiger partial charge is 0.340 e. The maximum atomic E-state index is 11.4. The normalized spacial score (nSPS) is 32.1. The van der Waals surface area contributed by atoms with Crippen LogP contribution in [0, 0.1) is 5.92 Å². The Morgan fingerprint density at radius 3 is 2.56 bits per heavy atom. The molecule has 0 aromatic heterocycles. The van der Waals surface area contributed by atoms with E-state index in [2.05, 4.69) is 35.2 Å². The smallest absolute Gasteiger partial charge is 0.219 e. The van der Waals surface area contributed by atoms with Gasteiger partial charge < -0.3 is 4.90 Å². The van der Waals surface area contributed by atoms with Crippen LogP contribution in [0.2, 0.25) is 0 Å². The Hall–Kier alpha value is -1.31. The third-order valence-electron chi connectivity index (χ3n) is 4.17. The topological polar surface area (TPSA) is 20.3 Å². The van der Waals surface area contributed by atoms with Crippen molar-refractivity contribution in [3.63, 3.8) is 0 Å². The van der Waals surface area contributed by atoms with Gasteiger partial charge in [-0.05, 0) is 30.2 Å². The molecule has 0 N–H and O–H groups in total. The number of piperidine rings is 1. The highest BCUT2D eigenvalue weighted by molar-refractivity contribution is 5.74. The minimum atomic E-state index is 0.249. The van der Waals surface area contributed by atoms with Gasteiger partial charge in [-0.2, -0.15) is 0 Å². The lowest BCUT2D eigenvalue weighted by atomic mass is 9.87. The quantitative estimate of drug-likeness (QED) is 0.704. The number of amides is 1. The maximum Gasteiger partial charge on any atom is 0.219 e. The van der Waals surface area contributed by atoms with Crippen LogP contribution in [-0.2, 0) is 4.79 Å². The Morgan fingerprint density at radius 1 is 1.25 bits per heavy atom. The fourth-order valence-electron chi connectivity index (χ4n) is 3.45. The molecule has 1 aliphatic carbocycles. The number of rotatable bonds is 1. The minimum absolute atomic E-state index is 0.249. The summed E-state index contributed by atoms with van der Waals surface area (Å²) < 4.78 is 0. The van der Waals surface area contributed by atoms with Crippen LogP contribution in [0.15, 0.2) is 30.3 Å². The van der Waals surface area contributed by atoms with Gasteiger partial charge >= 0.3 is 0 Å². The molecule has 1 saturated carbocycles. The summed E-state index contributed by atoms with van der Waals surface area (Å²) in [6, 6.07) is 11.3. The van der Waals surface area contributed by atoms with Crippen LogP contribution in [-0.4, -0.2) is 23.4 Å². The van der Waals surface area contributed by atoms with Crippen molar-refractivity contribution >= 4 is 5.91 Å². The lowest BCUT2D eigenvalue weighted by molar-refractivity contribution is -0.130. The molecule has 3 rings (SSSR count). The fourth-order valence-corrected chi connectivity index (χ4v) is 3.45. The molecule has 2 nitrogen and oxygen atoms in total. The first-order chi connectivity index (χ1) is 7.75. The van der Waals surface area contributed by atoms with E-state index in [1.807, 2.05) is 0 Å². The minimum Gasteiger partial charge on any atom is -0.340 e. The Bertz CT molecular complexity index is 400. The van der Waals surface area contributed by atoms with E-state index in [0.717, 1.165) is 13.0 Å². The van der Waals surface area contributed by atoms with Gasteiger partial charge in [0.2, 0.25) is 5.91 Å². The molecule has 2 unspecified atom stereocenters. The molecule has 1 amide bonds. The van der Waals surface area contributed by atoms with Crippen LogP contribution < -0.4 is 0 Å². The summed E-state index contributed by atoms with van der Waals surface area (Å²) >= 11 is 0. The van der Waals surface area contributed by atoms with E-state index in [1.165, 1.54) is 12.0 Å². The third kappa shape index (κ3) is 1.44. The predicted octanol–water partition coefficient (Wildman–Crippen LogP) is 2.41. The lowest BCUT2D eigenvalue weighted by Crippen LogP contribution is -2.38. The van der Waals surface area contributed by atoms with Crippen molar-refractivity contribution in [3.8, 4) is 0 Å². The maximum absolute atomic E-state index is 11.4. The Kier molecular flexibility index (Phi) is 2.23. The molecule has 3 atom stereocenters. The van der Waals surface area contributed by atoms with Gasteiger partial charge in [-0.25, -0.2) is 0 Å². The number of benzene rings is 1. The highest BCUT2D eigenvalue weighted by Crippen LogP contribution is 2.47. The van der Waals surface area contributed by atoms with Crippen LogP contribution in [0.3, 0.4) is 0 Å². The molecule has 1 aromatic rings. The molecule has 2 heteroatoms. The summed E-state index contributed by atoms with van der Waals surface area (Å²) in [5.41, 5.74) is 1.46. The third-order valence-corrected chi connectivity index (χ3v) is 4.17. The monoisotopic (exact) mass is 215 g/mol. The number of carbonyl (C=O) groups excluding carboxylic acids is 1. The second kappa shape index (κ2) is 3.62. The van der Waals surface area contributed by atoms with Crippen molar-refractivity contribution in [1.82, 2.24) is 4.90 Å². The number of hydrogen-bond acceptors (Lipinski definition) is 1. The molecule has 0 spiro atoms. The van der Waals surface area contributed by atoms with Gasteiger partial charge in [0.15, 0.2) is 0 Å². The average Bonchev–Trinajstić information content (AvgIpc) is 2.89. The summed E-state index contributed by atoms with van der Waals surface area (Å²) in [6.45, 7) is 2.66. The van der Waals surface area contributed by atoms with Crippen LogP contribution in [0.1, 0.15) is 31.2 Å². The van der Waals surface area contributed by atoms with Gasteiger partial charge in [0.25, 0.3) is 0 Å². The van der Waals surface area contributed by atoms with Gasteiger partial charge in [-0.1, -0.05) is 30.3 Å². The Labute approximate surface area is 96.3 Å². The molecule has 2 bridgehead atoms. The van der Waals surface area contributed by atoms with Gasteiger partial charge in [0, 0.05) is 19.5 Å². The molecule has 1 saturated heterocycles. The van der Waals surface area contributed by atoms with E-state index < -0.39 is 0 Å². The molecular formula is C14H17NO. The average molecular weight is 215 g/mol. The van der Waals surface area contributed by atoms with Gasteiger partial charge in [0.1, 0.15) is 0 Å². The molecule has 84 valence electrons. The highest BCUT2D eigenvalue weighted by Gasteiger charge is 2.45. The molecule has 1 aliphatic heterocycles.